The zero-order chi connectivity index (χ0) is 10.9. The molecule has 74 valence electrons. The molecule has 0 fully saturated rings. The van der Waals surface area contributed by atoms with Crippen molar-refractivity contribution in [1.82, 2.24) is 0 Å². The largest absolute Gasteiger partial charge is 0.516 e. The summed E-state index contributed by atoms with van der Waals surface area (Å²) in [5.74, 6) is -2.44. The van der Waals surface area contributed by atoms with Crippen LogP contribution in [0.2, 0.25) is 0 Å². The van der Waals surface area contributed by atoms with Crippen LogP contribution in [0.3, 0.4) is 0 Å². The molecule has 0 spiro atoms. The number of hydrogen-bond donors (Lipinski definition) is 3. The molecule has 3 N–H and O–H groups in total. The van der Waals surface area contributed by atoms with Gasteiger partial charge in [-0.15, -0.1) is 0 Å². The second kappa shape index (κ2) is 8.32. The van der Waals surface area contributed by atoms with Gasteiger partial charge in [0.1, 0.15) is 0 Å². The fourth-order valence-corrected chi connectivity index (χ4v) is 0.258. The third-order valence-electron chi connectivity index (χ3n) is 0.816. The van der Waals surface area contributed by atoms with Crippen LogP contribution in [0.1, 0.15) is 13.3 Å². The fraction of sp³-hybridized carbons (Fsp3) is 0.250. The molecule has 0 aliphatic carbocycles. The van der Waals surface area contributed by atoms with Crippen LogP contribution in [-0.4, -0.2) is 27.3 Å². The van der Waals surface area contributed by atoms with E-state index in [4.69, 9.17) is 15.3 Å². The highest BCUT2D eigenvalue weighted by Gasteiger charge is 2.07. The number of carbonyl (C=O) groups is 2. The van der Waals surface area contributed by atoms with Crippen LogP contribution in [0.15, 0.2) is 24.5 Å². The molecule has 5 nitrogen and oxygen atoms in total. The molecule has 0 bridgehead atoms. The highest BCUT2D eigenvalue weighted by atomic mass is 16.4. The van der Waals surface area contributed by atoms with Gasteiger partial charge in [-0.05, 0) is 6.92 Å². The van der Waals surface area contributed by atoms with Gasteiger partial charge in [0.15, 0.2) is 0 Å². The van der Waals surface area contributed by atoms with Crippen LogP contribution in [-0.2, 0) is 9.59 Å². The molecule has 0 aliphatic rings. The van der Waals surface area contributed by atoms with E-state index >= 15 is 0 Å². The van der Waals surface area contributed by atoms with Gasteiger partial charge >= 0.3 is 11.9 Å². The number of aliphatic carboxylic acids is 2. The van der Waals surface area contributed by atoms with Crippen molar-refractivity contribution < 1.29 is 24.9 Å². The molecule has 0 aromatic heterocycles. The molecule has 0 aromatic carbocycles. The minimum atomic E-state index is -1.27. The van der Waals surface area contributed by atoms with Crippen molar-refractivity contribution in [3.05, 3.63) is 24.5 Å². The maximum atomic E-state index is 9.87. The molecule has 0 unspecified atom stereocenters. The van der Waals surface area contributed by atoms with E-state index in [-0.39, 0.29) is 5.57 Å². The van der Waals surface area contributed by atoms with Crippen LogP contribution in [0.5, 0.6) is 0 Å². The van der Waals surface area contributed by atoms with Crippen molar-refractivity contribution in [2.45, 2.75) is 13.3 Å². The number of aliphatic hydroxyl groups is 1. The Labute approximate surface area is 75.6 Å². The monoisotopic (exact) mass is 188 g/mol. The van der Waals surface area contributed by atoms with Gasteiger partial charge in [0.05, 0.1) is 12.7 Å². The number of carboxylic acid groups (broad SMARTS) is 2. The molecule has 0 rings (SSSR count). The summed E-state index contributed by atoms with van der Waals surface area (Å²) in [5, 5.41) is 23.8. The third-order valence-corrected chi connectivity index (χ3v) is 0.816. The van der Waals surface area contributed by atoms with Gasteiger partial charge < -0.3 is 15.3 Å². The standard InChI is InChI=1S/C5H6O4.C3H6O/c1-3(5(8)9)2-4(6)7;1-2-3-4/h1-2H2,(H,6,7)(H,8,9);2-4H,1H3. The first-order valence-corrected chi connectivity index (χ1v) is 3.34. The van der Waals surface area contributed by atoms with Crippen LogP contribution in [0.25, 0.3) is 0 Å². The second-order valence-electron chi connectivity index (χ2n) is 1.96. The number of rotatable bonds is 3. The number of carboxylic acids is 2. The van der Waals surface area contributed by atoms with E-state index in [1.807, 2.05) is 0 Å². The maximum Gasteiger partial charge on any atom is 0.331 e. The summed E-state index contributed by atoms with van der Waals surface area (Å²) in [7, 11) is 0. The number of hydrogen-bond acceptors (Lipinski definition) is 3. The molecule has 0 saturated heterocycles. The Morgan fingerprint density at radius 1 is 1.38 bits per heavy atom. The van der Waals surface area contributed by atoms with Gasteiger partial charge in [-0.2, -0.15) is 0 Å². The molecule has 13 heavy (non-hydrogen) atoms. The van der Waals surface area contributed by atoms with Gasteiger partial charge in [0, 0.05) is 5.57 Å². The molecule has 0 saturated carbocycles. The lowest BCUT2D eigenvalue weighted by molar-refractivity contribution is -0.139. The second-order valence-corrected chi connectivity index (χ2v) is 1.96. The van der Waals surface area contributed by atoms with Crippen LogP contribution < -0.4 is 0 Å². The van der Waals surface area contributed by atoms with Crippen molar-refractivity contribution in [2.24, 2.45) is 0 Å². The van der Waals surface area contributed by atoms with E-state index in [2.05, 4.69) is 6.58 Å². The summed E-state index contributed by atoms with van der Waals surface area (Å²) >= 11 is 0. The Hall–Kier alpha value is -1.78. The van der Waals surface area contributed by atoms with Gasteiger partial charge in [0.2, 0.25) is 0 Å². The summed E-state index contributed by atoms with van der Waals surface area (Å²) in [6, 6.07) is 0. The predicted octanol–water partition coefficient (Wildman–Crippen LogP) is 1.18. The third kappa shape index (κ3) is 13.2. The zero-order valence-corrected chi connectivity index (χ0v) is 7.23. The molecule has 0 aliphatic heterocycles. The Balaban J connectivity index is 0. The molecule has 0 atom stereocenters. The molecular formula is C8H12O5. The molecule has 0 heterocycles. The number of aliphatic hydroxyl groups excluding tert-OH is 1. The minimum absolute atomic E-state index is 0.303. The van der Waals surface area contributed by atoms with E-state index in [0.29, 0.717) is 0 Å². The van der Waals surface area contributed by atoms with E-state index in [0.717, 1.165) is 6.26 Å². The van der Waals surface area contributed by atoms with Gasteiger partial charge in [-0.25, -0.2) is 4.79 Å². The summed E-state index contributed by atoms with van der Waals surface area (Å²) in [6.45, 7) is 4.76. The van der Waals surface area contributed by atoms with Crippen molar-refractivity contribution in [1.29, 1.82) is 0 Å². The lowest BCUT2D eigenvalue weighted by atomic mass is 10.2. The SMILES string of the molecule is C=C(CC(=O)O)C(=O)O.CC=CO. The topological polar surface area (TPSA) is 94.8 Å². The minimum Gasteiger partial charge on any atom is -0.516 e. The normalized spacial score (nSPS) is 8.69. The van der Waals surface area contributed by atoms with Crippen molar-refractivity contribution in [2.75, 3.05) is 0 Å². The molecule has 0 amide bonds. The summed E-state index contributed by atoms with van der Waals surface area (Å²) in [5.41, 5.74) is -0.303. The van der Waals surface area contributed by atoms with Crippen LogP contribution in [0.4, 0.5) is 0 Å². The van der Waals surface area contributed by atoms with Gasteiger partial charge in [-0.1, -0.05) is 12.7 Å². The van der Waals surface area contributed by atoms with E-state index in [1.54, 1.807) is 13.0 Å². The van der Waals surface area contributed by atoms with E-state index < -0.39 is 18.4 Å². The molecule has 0 aromatic rings. The predicted molar refractivity (Wildman–Crippen MR) is 46.5 cm³/mol. The Morgan fingerprint density at radius 2 is 1.77 bits per heavy atom. The van der Waals surface area contributed by atoms with Crippen molar-refractivity contribution in [3.63, 3.8) is 0 Å². The Morgan fingerprint density at radius 3 is 1.85 bits per heavy atom. The van der Waals surface area contributed by atoms with Crippen LogP contribution >= 0.6 is 0 Å². The average Bonchev–Trinajstić information content (AvgIpc) is 2.03. The zero-order valence-electron chi connectivity index (χ0n) is 7.23. The summed E-state index contributed by atoms with van der Waals surface area (Å²) in [6.07, 6.45) is 2.05. The summed E-state index contributed by atoms with van der Waals surface area (Å²) < 4.78 is 0. The Kier molecular flexibility index (Phi) is 8.82. The van der Waals surface area contributed by atoms with Gasteiger partial charge in [-0.3, -0.25) is 4.79 Å². The fourth-order valence-electron chi connectivity index (χ4n) is 0.258. The smallest absolute Gasteiger partial charge is 0.331 e. The van der Waals surface area contributed by atoms with Crippen molar-refractivity contribution >= 4 is 11.9 Å². The summed E-state index contributed by atoms with van der Waals surface area (Å²) in [4.78, 5) is 19.7. The first-order valence-electron chi connectivity index (χ1n) is 3.34. The molecule has 0 radical (unpaired) electrons. The molecule has 5 heteroatoms. The average molecular weight is 188 g/mol. The van der Waals surface area contributed by atoms with E-state index in [1.165, 1.54) is 0 Å². The quantitative estimate of drug-likeness (QED) is 0.456. The molecular weight excluding hydrogens is 176 g/mol. The highest BCUT2D eigenvalue weighted by Crippen LogP contribution is 1.95. The first-order chi connectivity index (χ1) is 5.95. The van der Waals surface area contributed by atoms with Crippen molar-refractivity contribution in [3.8, 4) is 0 Å². The lowest BCUT2D eigenvalue weighted by Gasteiger charge is -1.91. The maximum absolute atomic E-state index is 9.87. The van der Waals surface area contributed by atoms with E-state index in [9.17, 15) is 9.59 Å². The lowest BCUT2D eigenvalue weighted by Crippen LogP contribution is -2.04. The first kappa shape index (κ1) is 13.8. The number of allylic oxidation sites excluding steroid dienone is 1. The Bertz CT molecular complexity index is 213. The van der Waals surface area contributed by atoms with Crippen LogP contribution in [0, 0.1) is 0 Å². The highest BCUT2D eigenvalue weighted by molar-refractivity contribution is 5.91. The van der Waals surface area contributed by atoms with Gasteiger partial charge in [0.25, 0.3) is 0 Å².